The fraction of sp³-hybridized carbons (Fsp3) is 0.941. The number of esters is 1. The van der Waals surface area contributed by atoms with Gasteiger partial charge in [-0.25, -0.2) is 4.57 Å². The highest BCUT2D eigenvalue weighted by atomic mass is 31.2. The van der Waals surface area contributed by atoms with E-state index in [1.807, 2.05) is 0 Å². The van der Waals surface area contributed by atoms with Crippen LogP contribution in [0.3, 0.4) is 0 Å². The van der Waals surface area contributed by atoms with Crippen LogP contribution in [0.15, 0.2) is 0 Å². The molecule has 7 N–H and O–H groups in total. The molecule has 0 aliphatic heterocycles. The lowest BCUT2D eigenvalue weighted by Crippen LogP contribution is -2.64. The molecule has 278 valence electrons. The van der Waals surface area contributed by atoms with Crippen LogP contribution in [0.4, 0.5) is 0 Å². The van der Waals surface area contributed by atoms with Crippen molar-refractivity contribution in [2.24, 2.45) is 0 Å². The minimum absolute atomic E-state index is 0.313. The summed E-state index contributed by atoms with van der Waals surface area (Å²) in [6.07, 6.45) is 11.2. The molecule has 1 aliphatic rings. The first-order valence-electron chi connectivity index (χ1n) is 18.3. The average molecular weight is 696 g/mol. The molecule has 0 aromatic rings. The number of carbonyl (C=O) groups is 2. The van der Waals surface area contributed by atoms with Crippen molar-refractivity contribution in [2.75, 3.05) is 0 Å². The molecule has 0 heterocycles. The van der Waals surface area contributed by atoms with E-state index in [9.17, 15) is 44.4 Å². The van der Waals surface area contributed by atoms with Crippen molar-refractivity contribution in [1.29, 1.82) is 0 Å². The SMILES string of the molecule is CCCCCCCCCCC[C@@H](O)CC(=O)N[C@@H]1[C@@H](OC(=O)C[C@H](O)CCCCCCCCCCC)[C@H](O)[C@@H](O)C[C@@H]1OP(=O)(O)O. The van der Waals surface area contributed by atoms with Crippen LogP contribution in [0.2, 0.25) is 0 Å². The average Bonchev–Trinajstić information content (AvgIpc) is 2.99. The first kappa shape index (κ1) is 43.9. The van der Waals surface area contributed by atoms with E-state index in [1.54, 1.807) is 0 Å². The number of nitrogens with one attached hydrogen (secondary N) is 1. The number of phosphoric ester groups is 1. The molecule has 7 atom stereocenters. The van der Waals surface area contributed by atoms with Crippen LogP contribution in [0, 0.1) is 0 Å². The summed E-state index contributed by atoms with van der Waals surface area (Å²) in [4.78, 5) is 44.6. The van der Waals surface area contributed by atoms with Crippen LogP contribution in [0.1, 0.15) is 162 Å². The molecular formula is C34H66NO11P. The van der Waals surface area contributed by atoms with E-state index in [1.165, 1.54) is 64.2 Å². The summed E-state index contributed by atoms with van der Waals surface area (Å²) in [7, 11) is -5.11. The van der Waals surface area contributed by atoms with E-state index < -0.39 is 75.2 Å². The summed E-state index contributed by atoms with van der Waals surface area (Å²) < 4.78 is 21.9. The van der Waals surface area contributed by atoms with Crippen LogP contribution in [-0.2, 0) is 23.4 Å². The smallest absolute Gasteiger partial charge is 0.457 e. The Hall–Kier alpha value is -1.11. The third kappa shape index (κ3) is 21.6. The molecule has 1 saturated carbocycles. The lowest BCUT2D eigenvalue weighted by Gasteiger charge is -2.42. The molecule has 1 rings (SSSR count). The van der Waals surface area contributed by atoms with Gasteiger partial charge in [-0.05, 0) is 12.8 Å². The van der Waals surface area contributed by atoms with Crippen molar-refractivity contribution in [3.8, 4) is 0 Å². The lowest BCUT2D eigenvalue weighted by atomic mass is 9.85. The Morgan fingerprint density at radius 1 is 0.723 bits per heavy atom. The van der Waals surface area contributed by atoms with Gasteiger partial charge in [0.15, 0.2) is 6.10 Å². The van der Waals surface area contributed by atoms with E-state index in [0.29, 0.717) is 12.8 Å². The van der Waals surface area contributed by atoms with Crippen LogP contribution in [0.25, 0.3) is 0 Å². The number of amides is 1. The van der Waals surface area contributed by atoms with Crippen LogP contribution in [0.5, 0.6) is 0 Å². The van der Waals surface area contributed by atoms with Gasteiger partial charge < -0.3 is 40.3 Å². The molecule has 0 spiro atoms. The third-order valence-corrected chi connectivity index (χ3v) is 9.48. The Balaban J connectivity index is 2.64. The molecule has 0 unspecified atom stereocenters. The van der Waals surface area contributed by atoms with Gasteiger partial charge in [0.2, 0.25) is 5.91 Å². The molecule has 0 aromatic carbocycles. The van der Waals surface area contributed by atoms with Gasteiger partial charge in [0.1, 0.15) is 6.10 Å². The summed E-state index contributed by atoms with van der Waals surface area (Å²) in [5.74, 6) is -1.58. The zero-order chi connectivity index (χ0) is 35.1. The van der Waals surface area contributed by atoms with Gasteiger partial charge in [-0.1, -0.05) is 129 Å². The number of unbranched alkanes of at least 4 members (excludes halogenated alkanes) is 16. The zero-order valence-corrected chi connectivity index (χ0v) is 29.9. The van der Waals surface area contributed by atoms with Crippen LogP contribution >= 0.6 is 7.82 Å². The second-order valence-corrected chi connectivity index (χ2v) is 14.6. The van der Waals surface area contributed by atoms with E-state index in [0.717, 1.165) is 51.4 Å². The number of ether oxygens (including phenoxy) is 1. The van der Waals surface area contributed by atoms with E-state index in [2.05, 4.69) is 19.2 Å². The standard InChI is InChI=1S/C34H66NO11P/c1-3-5-7-9-11-13-15-17-19-21-26(36)23-30(39)35-32-29(46-47(42,43)44)25-28(38)33(41)34(32)45-31(40)24-27(37)22-20-18-16-14-12-10-8-6-4-2/h26-29,32-34,36-38,41H,3-25H2,1-2H3,(H,35,39)(H2,42,43,44)/t26-,27-,28+,29+,32+,33-,34-/m1/s1. The van der Waals surface area contributed by atoms with E-state index >= 15 is 0 Å². The topological polar surface area (TPSA) is 203 Å². The summed E-state index contributed by atoms with van der Waals surface area (Å²) in [5.41, 5.74) is 0. The number of hydrogen-bond acceptors (Lipinski definition) is 9. The van der Waals surface area contributed by atoms with Gasteiger partial charge in [0, 0.05) is 6.42 Å². The van der Waals surface area contributed by atoms with Crippen molar-refractivity contribution in [1.82, 2.24) is 5.32 Å². The highest BCUT2D eigenvalue weighted by Crippen LogP contribution is 2.41. The van der Waals surface area contributed by atoms with Crippen molar-refractivity contribution >= 4 is 19.7 Å². The predicted molar refractivity (Wildman–Crippen MR) is 180 cm³/mol. The molecule has 0 aromatic heterocycles. The second-order valence-electron chi connectivity index (χ2n) is 13.4. The Morgan fingerprint density at radius 3 is 1.60 bits per heavy atom. The summed E-state index contributed by atoms with van der Waals surface area (Å²) in [6.45, 7) is 4.37. The maximum Gasteiger partial charge on any atom is 0.469 e. The Morgan fingerprint density at radius 2 is 1.15 bits per heavy atom. The van der Waals surface area contributed by atoms with Crippen molar-refractivity contribution < 1.29 is 53.6 Å². The molecule has 13 heteroatoms. The van der Waals surface area contributed by atoms with Gasteiger partial charge in [0.05, 0.1) is 43.3 Å². The van der Waals surface area contributed by atoms with E-state index in [-0.39, 0.29) is 6.42 Å². The fourth-order valence-electron chi connectivity index (χ4n) is 6.21. The first-order chi connectivity index (χ1) is 22.4. The number of hydrogen-bond donors (Lipinski definition) is 7. The quantitative estimate of drug-likeness (QED) is 0.0317. The summed E-state index contributed by atoms with van der Waals surface area (Å²) >= 11 is 0. The minimum Gasteiger partial charge on any atom is -0.457 e. The molecular weight excluding hydrogens is 629 g/mol. The molecule has 0 bridgehead atoms. The van der Waals surface area contributed by atoms with Crippen molar-refractivity contribution in [3.05, 3.63) is 0 Å². The molecule has 1 fully saturated rings. The molecule has 1 amide bonds. The summed E-state index contributed by atoms with van der Waals surface area (Å²) in [5, 5.41) is 44.5. The zero-order valence-electron chi connectivity index (χ0n) is 29.0. The highest BCUT2D eigenvalue weighted by molar-refractivity contribution is 7.46. The van der Waals surface area contributed by atoms with Crippen molar-refractivity contribution in [2.45, 2.75) is 204 Å². The van der Waals surface area contributed by atoms with Gasteiger partial charge in [-0.15, -0.1) is 0 Å². The Bertz CT molecular complexity index is 873. The third-order valence-electron chi connectivity index (χ3n) is 8.93. The van der Waals surface area contributed by atoms with Gasteiger partial charge in [-0.3, -0.25) is 14.1 Å². The molecule has 47 heavy (non-hydrogen) atoms. The lowest BCUT2D eigenvalue weighted by molar-refractivity contribution is -0.180. The van der Waals surface area contributed by atoms with Crippen molar-refractivity contribution in [3.63, 3.8) is 0 Å². The maximum atomic E-state index is 12.9. The number of rotatable bonds is 28. The van der Waals surface area contributed by atoms with Gasteiger partial charge >= 0.3 is 13.8 Å². The number of aliphatic hydroxyl groups excluding tert-OH is 4. The molecule has 12 nitrogen and oxygen atoms in total. The summed E-state index contributed by atoms with van der Waals surface area (Å²) in [6, 6.07) is -1.42. The molecule has 1 aliphatic carbocycles. The number of carbonyl (C=O) groups excluding carboxylic acids is 2. The monoisotopic (exact) mass is 695 g/mol. The first-order valence-corrected chi connectivity index (χ1v) is 19.9. The normalized spacial score (nSPS) is 22.9. The van der Waals surface area contributed by atoms with E-state index in [4.69, 9.17) is 9.26 Å². The van der Waals surface area contributed by atoms with Crippen LogP contribution < -0.4 is 5.32 Å². The number of aliphatic hydroxyl groups is 4. The van der Waals surface area contributed by atoms with Crippen LogP contribution in [-0.4, -0.2) is 84.8 Å². The minimum atomic E-state index is -5.11. The fourth-order valence-corrected chi connectivity index (χ4v) is 6.78. The van der Waals surface area contributed by atoms with Gasteiger partial charge in [0.25, 0.3) is 0 Å². The highest BCUT2D eigenvalue weighted by Gasteiger charge is 2.49. The molecule has 0 saturated heterocycles. The number of phosphoric acid groups is 1. The molecule has 0 radical (unpaired) electrons. The van der Waals surface area contributed by atoms with Gasteiger partial charge in [-0.2, -0.15) is 0 Å². The second kappa shape index (κ2) is 25.8. The Kier molecular flexibility index (Phi) is 24.1. The largest absolute Gasteiger partial charge is 0.469 e. The maximum absolute atomic E-state index is 12.9. The Labute approximate surface area is 282 Å². The predicted octanol–water partition coefficient (Wildman–Crippen LogP) is 5.33.